The highest BCUT2D eigenvalue weighted by atomic mass is 32.2. The van der Waals surface area contributed by atoms with Crippen molar-refractivity contribution in [2.75, 3.05) is 12.3 Å². The van der Waals surface area contributed by atoms with Crippen molar-refractivity contribution < 1.29 is 4.79 Å². The summed E-state index contributed by atoms with van der Waals surface area (Å²) in [7, 11) is 0. The molecule has 108 valence electrons. The van der Waals surface area contributed by atoms with E-state index in [1.165, 1.54) is 11.8 Å². The number of amides is 1. The first-order valence-corrected chi connectivity index (χ1v) is 7.42. The van der Waals surface area contributed by atoms with Crippen LogP contribution in [0.1, 0.15) is 33.0 Å². The van der Waals surface area contributed by atoms with Crippen LogP contribution in [0.4, 0.5) is 0 Å². The van der Waals surface area contributed by atoms with Crippen molar-refractivity contribution in [2.24, 2.45) is 5.73 Å². The van der Waals surface area contributed by atoms with E-state index in [4.69, 9.17) is 5.73 Å². The van der Waals surface area contributed by atoms with E-state index < -0.39 is 0 Å². The van der Waals surface area contributed by atoms with Crippen LogP contribution in [-0.4, -0.2) is 38.5 Å². The van der Waals surface area contributed by atoms with Gasteiger partial charge in [0.2, 0.25) is 5.91 Å². The van der Waals surface area contributed by atoms with Gasteiger partial charge in [-0.05, 0) is 27.2 Å². The molecule has 0 aliphatic heterocycles. The predicted molar refractivity (Wildman–Crippen MR) is 77.1 cm³/mol. The Hall–Kier alpha value is -1.08. The largest absolute Gasteiger partial charge is 0.351 e. The summed E-state index contributed by atoms with van der Waals surface area (Å²) in [6, 6.07) is 0. The molecule has 1 aromatic rings. The van der Waals surface area contributed by atoms with Crippen molar-refractivity contribution in [3.8, 4) is 0 Å². The number of aromatic nitrogens is 3. The lowest BCUT2D eigenvalue weighted by Crippen LogP contribution is -2.43. The molecule has 0 saturated carbocycles. The van der Waals surface area contributed by atoms with Gasteiger partial charge in [0, 0.05) is 18.6 Å². The Labute approximate surface area is 118 Å². The molecule has 6 nitrogen and oxygen atoms in total. The fraction of sp³-hybridized carbons (Fsp3) is 0.750. The smallest absolute Gasteiger partial charge is 0.230 e. The number of hydrogen-bond donors (Lipinski definition) is 2. The third-order valence-corrected chi connectivity index (χ3v) is 3.92. The molecule has 1 aromatic heterocycles. The number of nitrogens with one attached hydrogen (secondary N) is 1. The standard InChI is InChI=1S/C12H23N5OS/c1-5-12(3,4)14-10(18)8-19-11-16-15-9(2)17(11)7-6-13/h5-8,13H2,1-4H3,(H,14,18). The van der Waals surface area contributed by atoms with Gasteiger partial charge in [0.1, 0.15) is 5.82 Å². The van der Waals surface area contributed by atoms with E-state index in [0.717, 1.165) is 17.4 Å². The minimum Gasteiger partial charge on any atom is -0.351 e. The van der Waals surface area contributed by atoms with Crippen LogP contribution in [0.5, 0.6) is 0 Å². The molecule has 0 saturated heterocycles. The van der Waals surface area contributed by atoms with Gasteiger partial charge in [0.15, 0.2) is 5.16 Å². The van der Waals surface area contributed by atoms with Gasteiger partial charge in [-0.3, -0.25) is 4.79 Å². The first kappa shape index (κ1) is 16.0. The van der Waals surface area contributed by atoms with Crippen LogP contribution >= 0.6 is 11.8 Å². The number of thioether (sulfide) groups is 1. The number of hydrogen-bond acceptors (Lipinski definition) is 5. The van der Waals surface area contributed by atoms with E-state index in [1.807, 2.05) is 25.3 Å². The van der Waals surface area contributed by atoms with E-state index in [2.05, 4.69) is 22.4 Å². The number of aryl methyl sites for hydroxylation is 1. The second-order valence-electron chi connectivity index (χ2n) is 5.04. The average Bonchev–Trinajstić information content (AvgIpc) is 2.69. The number of nitrogens with zero attached hydrogens (tertiary/aromatic N) is 3. The molecular formula is C12H23N5OS. The first-order valence-electron chi connectivity index (χ1n) is 6.43. The minimum atomic E-state index is -0.168. The van der Waals surface area contributed by atoms with E-state index >= 15 is 0 Å². The maximum atomic E-state index is 11.9. The molecule has 1 rings (SSSR count). The Balaban J connectivity index is 2.55. The van der Waals surface area contributed by atoms with Crippen molar-refractivity contribution in [3.63, 3.8) is 0 Å². The number of nitrogens with two attached hydrogens (primary N) is 1. The highest BCUT2D eigenvalue weighted by Crippen LogP contribution is 2.17. The van der Waals surface area contributed by atoms with Crippen LogP contribution in [0.15, 0.2) is 5.16 Å². The summed E-state index contributed by atoms with van der Waals surface area (Å²) in [5.74, 6) is 1.17. The molecule has 1 heterocycles. The van der Waals surface area contributed by atoms with Crippen LogP contribution in [0.25, 0.3) is 0 Å². The summed E-state index contributed by atoms with van der Waals surface area (Å²) in [6.07, 6.45) is 0.895. The highest BCUT2D eigenvalue weighted by Gasteiger charge is 2.18. The molecule has 0 aliphatic carbocycles. The molecule has 0 spiro atoms. The average molecular weight is 285 g/mol. The van der Waals surface area contributed by atoms with Gasteiger partial charge in [-0.25, -0.2) is 0 Å². The molecular weight excluding hydrogens is 262 g/mol. The molecule has 0 unspecified atom stereocenters. The zero-order valence-corrected chi connectivity index (χ0v) is 12.9. The van der Waals surface area contributed by atoms with Crippen LogP contribution < -0.4 is 11.1 Å². The summed E-state index contributed by atoms with van der Waals surface area (Å²) in [5, 5.41) is 11.8. The van der Waals surface area contributed by atoms with Crippen LogP contribution in [0.3, 0.4) is 0 Å². The van der Waals surface area contributed by atoms with Crippen LogP contribution in [0.2, 0.25) is 0 Å². The van der Waals surface area contributed by atoms with Gasteiger partial charge in [0.25, 0.3) is 0 Å². The maximum Gasteiger partial charge on any atom is 0.230 e. The predicted octanol–water partition coefficient (Wildman–Crippen LogP) is 0.942. The van der Waals surface area contributed by atoms with Crippen molar-refractivity contribution >= 4 is 17.7 Å². The molecule has 0 aliphatic rings. The minimum absolute atomic E-state index is 0.0109. The summed E-state index contributed by atoms with van der Waals surface area (Å²) in [5.41, 5.74) is 5.38. The Morgan fingerprint density at radius 1 is 1.47 bits per heavy atom. The SMILES string of the molecule is CCC(C)(C)NC(=O)CSc1nnc(C)n1CCN. The van der Waals surface area contributed by atoms with E-state index in [9.17, 15) is 4.79 Å². The van der Waals surface area contributed by atoms with Crippen LogP contribution in [-0.2, 0) is 11.3 Å². The van der Waals surface area contributed by atoms with Gasteiger partial charge in [-0.15, -0.1) is 10.2 Å². The zero-order valence-electron chi connectivity index (χ0n) is 12.1. The molecule has 0 fully saturated rings. The highest BCUT2D eigenvalue weighted by molar-refractivity contribution is 7.99. The summed E-state index contributed by atoms with van der Waals surface area (Å²) in [6.45, 7) is 9.15. The van der Waals surface area contributed by atoms with Gasteiger partial charge in [-0.2, -0.15) is 0 Å². The van der Waals surface area contributed by atoms with Crippen molar-refractivity contribution in [1.82, 2.24) is 20.1 Å². The lowest BCUT2D eigenvalue weighted by atomic mass is 10.0. The van der Waals surface area contributed by atoms with Gasteiger partial charge in [-0.1, -0.05) is 18.7 Å². The summed E-state index contributed by atoms with van der Waals surface area (Å²) in [4.78, 5) is 11.9. The summed E-state index contributed by atoms with van der Waals surface area (Å²) >= 11 is 1.39. The molecule has 3 N–H and O–H groups in total. The Morgan fingerprint density at radius 3 is 2.74 bits per heavy atom. The zero-order chi connectivity index (χ0) is 14.5. The number of carbonyl (C=O) groups excluding carboxylic acids is 1. The third-order valence-electron chi connectivity index (χ3n) is 2.95. The van der Waals surface area contributed by atoms with Crippen molar-refractivity contribution in [1.29, 1.82) is 0 Å². The normalized spacial score (nSPS) is 11.6. The number of carbonyl (C=O) groups is 1. The number of rotatable bonds is 7. The quantitative estimate of drug-likeness (QED) is 0.728. The first-order chi connectivity index (χ1) is 8.89. The van der Waals surface area contributed by atoms with E-state index in [-0.39, 0.29) is 11.4 Å². The molecule has 7 heteroatoms. The van der Waals surface area contributed by atoms with Gasteiger partial charge < -0.3 is 15.6 Å². The monoisotopic (exact) mass is 285 g/mol. The topological polar surface area (TPSA) is 85.8 Å². The van der Waals surface area contributed by atoms with Crippen molar-refractivity contribution in [2.45, 2.75) is 51.4 Å². The lowest BCUT2D eigenvalue weighted by molar-refractivity contribution is -0.120. The lowest BCUT2D eigenvalue weighted by Gasteiger charge is -2.24. The van der Waals surface area contributed by atoms with E-state index in [1.54, 1.807) is 0 Å². The molecule has 0 aromatic carbocycles. The van der Waals surface area contributed by atoms with Gasteiger partial charge in [0.05, 0.1) is 5.75 Å². The molecule has 0 atom stereocenters. The molecule has 0 bridgehead atoms. The van der Waals surface area contributed by atoms with Gasteiger partial charge >= 0.3 is 0 Å². The van der Waals surface area contributed by atoms with E-state index in [0.29, 0.717) is 18.8 Å². The van der Waals surface area contributed by atoms with Crippen LogP contribution in [0, 0.1) is 6.92 Å². The fourth-order valence-corrected chi connectivity index (χ4v) is 2.30. The molecule has 1 amide bonds. The fourth-order valence-electron chi connectivity index (χ4n) is 1.49. The Morgan fingerprint density at radius 2 is 2.16 bits per heavy atom. The third kappa shape index (κ3) is 4.83. The Bertz CT molecular complexity index is 430. The van der Waals surface area contributed by atoms with Crippen molar-refractivity contribution in [3.05, 3.63) is 5.82 Å². The Kier molecular flexibility index (Phi) is 5.81. The molecule has 0 radical (unpaired) electrons. The molecule has 19 heavy (non-hydrogen) atoms. The summed E-state index contributed by atoms with van der Waals surface area (Å²) < 4.78 is 1.93. The second kappa shape index (κ2) is 6.91. The maximum absolute atomic E-state index is 11.9. The second-order valence-corrected chi connectivity index (χ2v) is 5.99.